The number of para-hydroxylation sites is 1. The topological polar surface area (TPSA) is 117 Å². The van der Waals surface area contributed by atoms with Gasteiger partial charge in [0, 0.05) is 13.5 Å². The lowest BCUT2D eigenvalue weighted by Gasteiger charge is -2.22. The van der Waals surface area contributed by atoms with Crippen LogP contribution in [0, 0.1) is 0 Å². The van der Waals surface area contributed by atoms with Crippen molar-refractivity contribution in [3.8, 4) is 5.75 Å². The van der Waals surface area contributed by atoms with Crippen LogP contribution in [0.2, 0.25) is 0 Å². The minimum Gasteiger partial charge on any atom is -0.486 e. The number of amides is 2. The standard InChI is InChI=1S/C28H23N3O6S/c1-31-23(29-22-10-6-5-9-21(22)24(31)32)17-36-20-13-11-18(12-14-20)15-28(25(33)30-27(35)38-28)26(34)37-16-19-7-3-2-4-8-19/h2-14H,15-17H2,1H3,(H,30,33,35)/t28-/m1/s1. The maximum absolute atomic E-state index is 13.1. The Bertz CT molecular complexity index is 1590. The molecule has 1 aliphatic heterocycles. The number of benzene rings is 3. The van der Waals surface area contributed by atoms with Crippen LogP contribution in [-0.2, 0) is 41.0 Å². The molecule has 9 nitrogen and oxygen atoms in total. The molecule has 10 heteroatoms. The predicted octanol–water partition coefficient (Wildman–Crippen LogP) is 3.52. The molecule has 0 bridgehead atoms. The number of thioether (sulfide) groups is 1. The van der Waals surface area contributed by atoms with Gasteiger partial charge in [-0.05, 0) is 47.2 Å². The Morgan fingerprint density at radius 3 is 2.34 bits per heavy atom. The Labute approximate surface area is 221 Å². The lowest BCUT2D eigenvalue weighted by molar-refractivity contribution is -0.150. The van der Waals surface area contributed by atoms with Crippen LogP contribution in [0.1, 0.15) is 17.0 Å². The van der Waals surface area contributed by atoms with Crippen LogP contribution in [0.15, 0.2) is 83.7 Å². The molecule has 0 spiro atoms. The first kappa shape index (κ1) is 25.2. The highest BCUT2D eigenvalue weighted by molar-refractivity contribution is 8.16. The third-order valence-corrected chi connectivity index (χ3v) is 7.34. The number of esters is 1. The fraction of sp³-hybridized carbons (Fsp3) is 0.179. The molecule has 3 aromatic carbocycles. The largest absolute Gasteiger partial charge is 0.486 e. The minimum absolute atomic E-state index is 0.0124. The zero-order valence-corrected chi connectivity index (χ0v) is 21.2. The molecule has 0 unspecified atom stereocenters. The van der Waals surface area contributed by atoms with Crippen LogP contribution in [0.25, 0.3) is 10.9 Å². The summed E-state index contributed by atoms with van der Waals surface area (Å²) in [6, 6.07) is 23.0. The van der Waals surface area contributed by atoms with Crippen molar-refractivity contribution in [3.63, 3.8) is 0 Å². The van der Waals surface area contributed by atoms with Crippen molar-refractivity contribution in [2.75, 3.05) is 0 Å². The second-order valence-corrected chi connectivity index (χ2v) is 10.0. The SMILES string of the molecule is Cn1c(COc2ccc(C[C@@]3(C(=O)OCc4ccccc4)SC(=O)NC3=O)cc2)nc2ccccc2c1=O. The Hall–Kier alpha value is -4.44. The second kappa shape index (κ2) is 10.5. The number of fused-ring (bicyclic) bond motifs is 1. The van der Waals surface area contributed by atoms with E-state index in [4.69, 9.17) is 9.47 Å². The predicted molar refractivity (Wildman–Crippen MR) is 142 cm³/mol. The second-order valence-electron chi connectivity index (χ2n) is 8.75. The molecule has 1 atom stereocenters. The van der Waals surface area contributed by atoms with Gasteiger partial charge in [0.15, 0.2) is 0 Å². The molecule has 0 radical (unpaired) electrons. The van der Waals surface area contributed by atoms with Gasteiger partial charge in [-0.25, -0.2) is 9.78 Å². The molecule has 38 heavy (non-hydrogen) atoms. The summed E-state index contributed by atoms with van der Waals surface area (Å²) in [5, 5.41) is 2.14. The third kappa shape index (κ3) is 5.03. The van der Waals surface area contributed by atoms with Crippen molar-refractivity contribution in [1.29, 1.82) is 0 Å². The summed E-state index contributed by atoms with van der Waals surface area (Å²) in [6.07, 6.45) is -0.0378. The average Bonchev–Trinajstić information content (AvgIpc) is 3.23. The minimum atomic E-state index is -1.72. The molecular weight excluding hydrogens is 506 g/mol. The number of aromatic nitrogens is 2. The van der Waals surface area contributed by atoms with E-state index in [9.17, 15) is 19.2 Å². The zero-order valence-electron chi connectivity index (χ0n) is 20.4. The summed E-state index contributed by atoms with van der Waals surface area (Å²) in [4.78, 5) is 54.9. The lowest BCUT2D eigenvalue weighted by atomic mass is 9.97. The van der Waals surface area contributed by atoms with Gasteiger partial charge < -0.3 is 9.47 Å². The number of hydrogen-bond donors (Lipinski definition) is 1. The van der Waals surface area contributed by atoms with Gasteiger partial charge in [0.05, 0.1) is 10.9 Å². The molecule has 2 amide bonds. The molecule has 5 rings (SSSR count). The van der Waals surface area contributed by atoms with Crippen molar-refractivity contribution in [3.05, 3.63) is 106 Å². The molecule has 1 aromatic heterocycles. The van der Waals surface area contributed by atoms with E-state index < -0.39 is 21.9 Å². The van der Waals surface area contributed by atoms with Crippen LogP contribution in [0.5, 0.6) is 5.75 Å². The fourth-order valence-electron chi connectivity index (χ4n) is 4.12. The van der Waals surface area contributed by atoms with Gasteiger partial charge in [0.2, 0.25) is 4.75 Å². The average molecular weight is 530 g/mol. The number of ether oxygens (including phenoxy) is 2. The van der Waals surface area contributed by atoms with Crippen molar-refractivity contribution < 1.29 is 23.9 Å². The summed E-state index contributed by atoms with van der Waals surface area (Å²) in [5.41, 5.74) is 1.85. The normalized spacial score (nSPS) is 16.9. The molecule has 192 valence electrons. The highest BCUT2D eigenvalue weighted by Gasteiger charge is 2.55. The number of nitrogens with one attached hydrogen (secondary N) is 1. The van der Waals surface area contributed by atoms with E-state index in [1.54, 1.807) is 61.6 Å². The number of imide groups is 1. The number of hydrogen-bond acceptors (Lipinski definition) is 8. The van der Waals surface area contributed by atoms with Crippen LogP contribution in [-0.4, -0.2) is 31.4 Å². The molecule has 1 saturated heterocycles. The van der Waals surface area contributed by atoms with E-state index >= 15 is 0 Å². The van der Waals surface area contributed by atoms with E-state index in [0.717, 1.165) is 5.56 Å². The van der Waals surface area contributed by atoms with Gasteiger partial charge >= 0.3 is 5.97 Å². The third-order valence-electron chi connectivity index (χ3n) is 6.21. The summed E-state index contributed by atoms with van der Waals surface area (Å²) in [7, 11) is 1.64. The summed E-state index contributed by atoms with van der Waals surface area (Å²) in [5.74, 6) is -0.501. The molecule has 0 aliphatic carbocycles. The maximum Gasteiger partial charge on any atom is 0.333 e. The number of rotatable bonds is 8. The quantitative estimate of drug-likeness (QED) is 0.272. The van der Waals surface area contributed by atoms with Gasteiger partial charge in [-0.15, -0.1) is 0 Å². The molecule has 0 saturated carbocycles. The van der Waals surface area contributed by atoms with Gasteiger partial charge in [0.25, 0.3) is 16.7 Å². The van der Waals surface area contributed by atoms with Crippen LogP contribution in [0.4, 0.5) is 4.79 Å². The Balaban J connectivity index is 1.29. The van der Waals surface area contributed by atoms with Crippen molar-refractivity contribution in [1.82, 2.24) is 14.9 Å². The smallest absolute Gasteiger partial charge is 0.333 e. The van der Waals surface area contributed by atoms with Crippen LogP contribution in [0.3, 0.4) is 0 Å². The number of carbonyl (C=O) groups is 3. The molecule has 2 heterocycles. The summed E-state index contributed by atoms with van der Waals surface area (Å²) >= 11 is 0.629. The van der Waals surface area contributed by atoms with E-state index in [-0.39, 0.29) is 25.2 Å². The van der Waals surface area contributed by atoms with E-state index in [2.05, 4.69) is 10.3 Å². The first-order chi connectivity index (χ1) is 18.4. The Morgan fingerprint density at radius 2 is 1.63 bits per heavy atom. The molecule has 1 N–H and O–H groups in total. The molecular formula is C28H23N3O6S. The van der Waals surface area contributed by atoms with E-state index in [1.165, 1.54) is 4.57 Å². The van der Waals surface area contributed by atoms with Crippen LogP contribution < -0.4 is 15.6 Å². The molecule has 1 fully saturated rings. The number of carbonyl (C=O) groups excluding carboxylic acids is 3. The van der Waals surface area contributed by atoms with Gasteiger partial charge in [-0.2, -0.15) is 0 Å². The molecule has 4 aromatic rings. The lowest BCUT2D eigenvalue weighted by Crippen LogP contribution is -2.46. The molecule has 1 aliphatic rings. The summed E-state index contributed by atoms with van der Waals surface area (Å²) < 4.78 is 11.0. The maximum atomic E-state index is 13.1. The van der Waals surface area contributed by atoms with Gasteiger partial charge in [0.1, 0.15) is 24.8 Å². The fourth-order valence-corrected chi connectivity index (χ4v) is 5.10. The van der Waals surface area contributed by atoms with Gasteiger partial charge in [-0.3, -0.25) is 24.3 Å². The highest BCUT2D eigenvalue weighted by Crippen LogP contribution is 2.37. The van der Waals surface area contributed by atoms with Crippen molar-refractivity contribution in [2.24, 2.45) is 7.05 Å². The van der Waals surface area contributed by atoms with Crippen LogP contribution >= 0.6 is 11.8 Å². The van der Waals surface area contributed by atoms with Crippen molar-refractivity contribution in [2.45, 2.75) is 24.4 Å². The Kier molecular flexibility index (Phi) is 6.97. The monoisotopic (exact) mass is 529 g/mol. The first-order valence-electron chi connectivity index (χ1n) is 11.8. The number of nitrogens with zero attached hydrogens (tertiary/aromatic N) is 2. The zero-order chi connectivity index (χ0) is 26.7. The van der Waals surface area contributed by atoms with Crippen molar-refractivity contribution >= 4 is 39.8 Å². The summed E-state index contributed by atoms with van der Waals surface area (Å²) in [6.45, 7) is 0.0555. The van der Waals surface area contributed by atoms with E-state index in [0.29, 0.717) is 39.8 Å². The van der Waals surface area contributed by atoms with E-state index in [1.807, 2.05) is 24.3 Å². The Morgan fingerprint density at radius 1 is 0.921 bits per heavy atom. The first-order valence-corrected chi connectivity index (χ1v) is 12.6. The van der Waals surface area contributed by atoms with Gasteiger partial charge in [-0.1, -0.05) is 54.6 Å². The highest BCUT2D eigenvalue weighted by atomic mass is 32.2.